The van der Waals surface area contributed by atoms with Gasteiger partial charge in [-0.05, 0) is 48.5 Å². The van der Waals surface area contributed by atoms with Crippen LogP contribution in [-0.2, 0) is 9.24 Å². The smallest absolute Gasteiger partial charge is 0.402 e. The molecule has 0 spiro atoms. The molecule has 0 saturated heterocycles. The Morgan fingerprint density at radius 2 is 1.30 bits per heavy atom. The van der Waals surface area contributed by atoms with E-state index in [-0.39, 0.29) is 11.5 Å². The zero-order valence-electron chi connectivity index (χ0n) is 10.3. The van der Waals surface area contributed by atoms with Gasteiger partial charge in [-0.1, -0.05) is 4.67 Å². The van der Waals surface area contributed by atoms with Crippen molar-refractivity contribution in [3.05, 3.63) is 48.5 Å². The molecule has 0 saturated carbocycles. The van der Waals surface area contributed by atoms with E-state index in [4.69, 9.17) is 20.9 Å². The molecule has 0 heterocycles. The van der Waals surface area contributed by atoms with Crippen molar-refractivity contribution in [3.63, 3.8) is 0 Å². The number of hydrogen-bond donors (Lipinski definition) is 3. The first kappa shape index (κ1) is 14.2. The molecule has 20 heavy (non-hydrogen) atoms. The van der Waals surface area contributed by atoms with Gasteiger partial charge in [-0.15, -0.1) is 0 Å². The van der Waals surface area contributed by atoms with Gasteiger partial charge in [-0.3, -0.25) is 4.89 Å². The molecule has 106 valence electrons. The van der Waals surface area contributed by atoms with Crippen LogP contribution in [-0.4, -0.2) is 4.89 Å². The molecule has 5 N–H and O–H groups in total. The summed E-state index contributed by atoms with van der Waals surface area (Å²) in [5.74, 6) is 0.348. The van der Waals surface area contributed by atoms with Crippen LogP contribution in [0.3, 0.4) is 0 Å². The number of nitrogen functional groups attached to an aromatic ring is 2. The lowest BCUT2D eigenvalue weighted by Crippen LogP contribution is -2.01. The molecular weight excluding hydrogens is 283 g/mol. The number of hydrogen-bond acceptors (Lipinski definition) is 6. The highest BCUT2D eigenvalue weighted by Gasteiger charge is 2.25. The van der Waals surface area contributed by atoms with Crippen LogP contribution in [0.5, 0.6) is 11.5 Å². The van der Waals surface area contributed by atoms with E-state index in [1.807, 2.05) is 0 Å². The third-order valence-electron chi connectivity index (χ3n) is 2.21. The second kappa shape index (κ2) is 5.83. The zero-order chi connectivity index (χ0) is 14.6. The first-order valence-electron chi connectivity index (χ1n) is 5.54. The molecule has 0 aromatic heterocycles. The highest BCUT2D eigenvalue weighted by atomic mass is 31.2. The van der Waals surface area contributed by atoms with E-state index in [0.29, 0.717) is 11.4 Å². The highest BCUT2D eigenvalue weighted by Crippen LogP contribution is 2.44. The van der Waals surface area contributed by atoms with Crippen molar-refractivity contribution in [1.29, 1.82) is 0 Å². The minimum atomic E-state index is -4.40. The Morgan fingerprint density at radius 1 is 0.850 bits per heavy atom. The fraction of sp³-hybridized carbons (Fsp3) is 0. The van der Waals surface area contributed by atoms with Gasteiger partial charge in [0.05, 0.1) is 0 Å². The van der Waals surface area contributed by atoms with Gasteiger partial charge in [-0.25, -0.2) is 4.57 Å². The lowest BCUT2D eigenvalue weighted by molar-refractivity contribution is -0.120. The second-order valence-electron chi connectivity index (χ2n) is 3.86. The Balaban J connectivity index is 1.95. The Labute approximate surface area is 115 Å². The number of benzene rings is 2. The Morgan fingerprint density at radius 3 is 1.80 bits per heavy atom. The predicted molar refractivity (Wildman–Crippen MR) is 73.9 cm³/mol. The van der Waals surface area contributed by atoms with Crippen molar-refractivity contribution >= 4 is 19.2 Å². The average molecular weight is 296 g/mol. The minimum Gasteiger partial charge on any atom is -0.402 e. The normalized spacial score (nSPS) is 13.4. The Bertz CT molecular complexity index is 615. The molecule has 1 atom stereocenters. The van der Waals surface area contributed by atoms with Crippen LogP contribution >= 0.6 is 7.82 Å². The molecule has 8 heteroatoms. The number of nitrogens with two attached hydrogens (primary N) is 2. The van der Waals surface area contributed by atoms with Gasteiger partial charge in [0.1, 0.15) is 5.75 Å². The van der Waals surface area contributed by atoms with Crippen LogP contribution in [0.15, 0.2) is 48.5 Å². The van der Waals surface area contributed by atoms with Gasteiger partial charge in [0.25, 0.3) is 0 Å². The predicted octanol–water partition coefficient (Wildman–Crippen LogP) is 2.34. The first-order valence-corrected chi connectivity index (χ1v) is 7.04. The summed E-state index contributed by atoms with van der Waals surface area (Å²) in [6.45, 7) is 0. The third kappa shape index (κ3) is 4.17. The molecular formula is C12H13N2O5P. The maximum absolute atomic E-state index is 11.6. The molecule has 0 bridgehead atoms. The van der Waals surface area contributed by atoms with Gasteiger partial charge in [-0.2, -0.15) is 0 Å². The largest absolute Gasteiger partial charge is 0.564 e. The van der Waals surface area contributed by atoms with Crippen molar-refractivity contribution in [1.82, 2.24) is 0 Å². The molecule has 1 unspecified atom stereocenters. The number of anilines is 2. The third-order valence-corrected chi connectivity index (χ3v) is 2.91. The van der Waals surface area contributed by atoms with Gasteiger partial charge in [0, 0.05) is 11.4 Å². The summed E-state index contributed by atoms with van der Waals surface area (Å²) < 4.78 is 20.8. The van der Waals surface area contributed by atoms with Gasteiger partial charge in [0.15, 0.2) is 5.75 Å². The van der Waals surface area contributed by atoms with Crippen LogP contribution in [0.4, 0.5) is 11.4 Å². The maximum Gasteiger partial charge on any atom is 0.564 e. The molecule has 2 aromatic carbocycles. The summed E-state index contributed by atoms with van der Waals surface area (Å²) in [4.78, 5) is 14.2. The minimum absolute atomic E-state index is 0.130. The van der Waals surface area contributed by atoms with E-state index in [0.717, 1.165) is 0 Å². The standard InChI is InChI=1S/C12H13N2O5P/c13-9-1-5-11(6-2-9)17-19-20(15,16)18-12-7-3-10(14)4-8-12/h1-8H,13-14H2,(H,15,16). The fourth-order valence-electron chi connectivity index (χ4n) is 1.29. The van der Waals surface area contributed by atoms with Gasteiger partial charge >= 0.3 is 7.82 Å². The van der Waals surface area contributed by atoms with Crippen molar-refractivity contribution in [2.75, 3.05) is 11.5 Å². The summed E-state index contributed by atoms with van der Waals surface area (Å²) in [7, 11) is -4.40. The monoisotopic (exact) mass is 296 g/mol. The fourth-order valence-corrected chi connectivity index (χ4v) is 1.89. The molecule has 2 aromatic rings. The summed E-state index contributed by atoms with van der Waals surface area (Å²) >= 11 is 0. The number of rotatable bonds is 5. The maximum atomic E-state index is 11.6. The molecule has 0 radical (unpaired) electrons. The van der Waals surface area contributed by atoms with Crippen LogP contribution in [0.2, 0.25) is 0 Å². The van der Waals surface area contributed by atoms with E-state index in [1.165, 1.54) is 36.4 Å². The van der Waals surface area contributed by atoms with Crippen LogP contribution < -0.4 is 20.9 Å². The summed E-state index contributed by atoms with van der Waals surface area (Å²) in [6.07, 6.45) is 0. The van der Waals surface area contributed by atoms with Crippen LogP contribution in [0.1, 0.15) is 0 Å². The second-order valence-corrected chi connectivity index (χ2v) is 5.12. The van der Waals surface area contributed by atoms with E-state index < -0.39 is 7.82 Å². The number of phosphoric acid groups is 1. The molecule has 0 aliphatic rings. The average Bonchev–Trinajstić information content (AvgIpc) is 2.41. The molecule has 0 fully saturated rings. The lowest BCUT2D eigenvalue weighted by Gasteiger charge is -2.12. The molecule has 0 aliphatic carbocycles. The topological polar surface area (TPSA) is 117 Å². The summed E-state index contributed by atoms with van der Waals surface area (Å²) in [5.41, 5.74) is 12.0. The van der Waals surface area contributed by atoms with Crippen molar-refractivity contribution < 1.29 is 23.5 Å². The van der Waals surface area contributed by atoms with E-state index >= 15 is 0 Å². The van der Waals surface area contributed by atoms with Gasteiger partial charge in [0.2, 0.25) is 0 Å². The van der Waals surface area contributed by atoms with E-state index in [1.54, 1.807) is 12.1 Å². The Kier molecular flexibility index (Phi) is 4.14. The number of phosphoric ester groups is 1. The Hall–Kier alpha value is -2.21. The molecule has 2 rings (SSSR count). The SMILES string of the molecule is Nc1ccc(OOP(=O)(O)Oc2ccc(N)cc2)cc1. The van der Waals surface area contributed by atoms with Crippen molar-refractivity contribution in [3.8, 4) is 11.5 Å². The van der Waals surface area contributed by atoms with Crippen molar-refractivity contribution in [2.45, 2.75) is 0 Å². The van der Waals surface area contributed by atoms with E-state index in [2.05, 4.69) is 4.67 Å². The van der Waals surface area contributed by atoms with Crippen molar-refractivity contribution in [2.24, 2.45) is 0 Å². The molecule has 0 amide bonds. The quantitative estimate of drug-likeness (QED) is 0.335. The summed E-state index contributed by atoms with van der Waals surface area (Å²) in [5, 5.41) is 0. The highest BCUT2D eigenvalue weighted by molar-refractivity contribution is 7.47. The first-order chi connectivity index (χ1) is 9.44. The van der Waals surface area contributed by atoms with Crippen LogP contribution in [0.25, 0.3) is 0 Å². The van der Waals surface area contributed by atoms with Crippen LogP contribution in [0, 0.1) is 0 Å². The van der Waals surface area contributed by atoms with Gasteiger partial charge < -0.3 is 20.9 Å². The lowest BCUT2D eigenvalue weighted by atomic mass is 10.3. The summed E-state index contributed by atoms with van der Waals surface area (Å²) in [6, 6.07) is 12.0. The van der Waals surface area contributed by atoms with E-state index in [9.17, 15) is 9.46 Å². The molecule has 0 aliphatic heterocycles. The zero-order valence-corrected chi connectivity index (χ0v) is 11.2. The molecule has 7 nitrogen and oxygen atoms in total.